The lowest BCUT2D eigenvalue weighted by Crippen LogP contribution is -2.46. The topological polar surface area (TPSA) is 0 Å². The van der Waals surface area contributed by atoms with Crippen LogP contribution in [0.15, 0.2) is 22.7 Å². The number of hydrogen-bond donors (Lipinski definition) is 0. The van der Waals surface area contributed by atoms with Crippen molar-refractivity contribution in [2.45, 2.75) is 36.9 Å². The van der Waals surface area contributed by atoms with E-state index in [9.17, 15) is 4.39 Å². The van der Waals surface area contributed by atoms with Crippen LogP contribution in [0.25, 0.3) is 0 Å². The second-order valence-corrected chi connectivity index (χ2v) is 8.92. The molecule has 0 aromatic heterocycles. The third-order valence-electron chi connectivity index (χ3n) is 5.90. The molecule has 4 saturated carbocycles. The molecule has 3 heteroatoms. The summed E-state index contributed by atoms with van der Waals surface area (Å²) in [6.07, 6.45) is 7.23. The van der Waals surface area contributed by atoms with Gasteiger partial charge in [-0.1, -0.05) is 22.0 Å². The van der Waals surface area contributed by atoms with Crippen LogP contribution in [0, 0.1) is 35.4 Å². The van der Waals surface area contributed by atoms with E-state index in [1.54, 1.807) is 6.07 Å². The Bertz CT molecular complexity index is 500. The Morgan fingerprint density at radius 3 is 2.15 bits per heavy atom. The zero-order valence-electron chi connectivity index (χ0n) is 11.4. The second kappa shape index (κ2) is 5.08. The van der Waals surface area contributed by atoms with Gasteiger partial charge in [0.05, 0.1) is 4.47 Å². The van der Waals surface area contributed by atoms with Crippen LogP contribution in [0.5, 0.6) is 0 Å². The van der Waals surface area contributed by atoms with Gasteiger partial charge in [0.2, 0.25) is 0 Å². The fourth-order valence-electron chi connectivity index (χ4n) is 5.35. The fraction of sp³-hybridized carbons (Fsp3) is 0.647. The Morgan fingerprint density at radius 1 is 1.00 bits per heavy atom. The Morgan fingerprint density at radius 2 is 1.60 bits per heavy atom. The number of hydrogen-bond acceptors (Lipinski definition) is 0. The molecule has 4 fully saturated rings. The smallest absolute Gasteiger partial charge is 0.137 e. The summed E-state index contributed by atoms with van der Waals surface area (Å²) in [5.41, 5.74) is 1.23. The first-order chi connectivity index (χ1) is 9.61. The van der Waals surface area contributed by atoms with Gasteiger partial charge in [0, 0.05) is 4.83 Å². The van der Waals surface area contributed by atoms with Crippen LogP contribution in [0.1, 0.15) is 42.5 Å². The van der Waals surface area contributed by atoms with Crippen LogP contribution in [0.4, 0.5) is 4.39 Å². The van der Waals surface area contributed by atoms with Gasteiger partial charge in [-0.05, 0) is 95.3 Å². The third kappa shape index (κ3) is 2.20. The maximum Gasteiger partial charge on any atom is 0.137 e. The maximum absolute atomic E-state index is 13.4. The minimum absolute atomic E-state index is 0.168. The van der Waals surface area contributed by atoms with E-state index in [0.717, 1.165) is 29.6 Å². The van der Waals surface area contributed by atoms with Crippen molar-refractivity contribution in [3.63, 3.8) is 0 Å². The van der Waals surface area contributed by atoms with E-state index >= 15 is 0 Å². The molecule has 0 amide bonds. The van der Waals surface area contributed by atoms with Gasteiger partial charge < -0.3 is 0 Å². The fourth-order valence-corrected chi connectivity index (χ4v) is 6.90. The molecule has 1 aromatic rings. The number of rotatable bonds is 2. The van der Waals surface area contributed by atoms with Gasteiger partial charge in [0.1, 0.15) is 5.82 Å². The van der Waals surface area contributed by atoms with Crippen molar-refractivity contribution in [2.75, 3.05) is 0 Å². The third-order valence-corrected chi connectivity index (χ3v) is 7.65. The Hall–Kier alpha value is 0.110. The van der Waals surface area contributed by atoms with E-state index in [1.807, 2.05) is 12.1 Å². The maximum atomic E-state index is 13.4. The van der Waals surface area contributed by atoms with Crippen molar-refractivity contribution in [3.05, 3.63) is 34.1 Å². The molecule has 4 aliphatic carbocycles. The molecule has 20 heavy (non-hydrogen) atoms. The average molecular weight is 402 g/mol. The van der Waals surface area contributed by atoms with Crippen LogP contribution in [-0.4, -0.2) is 0 Å². The summed E-state index contributed by atoms with van der Waals surface area (Å²) in [7, 11) is 0. The van der Waals surface area contributed by atoms with Gasteiger partial charge in [-0.2, -0.15) is 0 Å². The molecule has 1 aromatic carbocycles. The van der Waals surface area contributed by atoms with Gasteiger partial charge >= 0.3 is 0 Å². The summed E-state index contributed by atoms with van der Waals surface area (Å²) in [6, 6.07) is 5.49. The lowest BCUT2D eigenvalue weighted by Gasteiger charge is -2.55. The zero-order valence-corrected chi connectivity index (χ0v) is 14.5. The lowest BCUT2D eigenvalue weighted by atomic mass is 9.51. The van der Waals surface area contributed by atoms with Crippen molar-refractivity contribution in [2.24, 2.45) is 29.6 Å². The van der Waals surface area contributed by atoms with E-state index in [1.165, 1.54) is 37.7 Å². The van der Waals surface area contributed by atoms with Gasteiger partial charge in [-0.25, -0.2) is 4.39 Å². The molecule has 5 rings (SSSR count). The van der Waals surface area contributed by atoms with Crippen LogP contribution in [0.3, 0.4) is 0 Å². The Balaban J connectivity index is 1.62. The SMILES string of the molecule is Fc1ccc(C(Br)C2C3CC4CC(C3)CC2C4)cc1Br. The standard InChI is InChI=1S/C17H19Br2F/c18-14-8-11(1-2-15(14)20)17(19)16-12-4-9-3-10(6-12)7-13(16)5-9/h1-2,8-10,12-13,16-17H,3-7H2. The van der Waals surface area contributed by atoms with Crippen LogP contribution in [-0.2, 0) is 0 Å². The molecule has 0 radical (unpaired) electrons. The summed E-state index contributed by atoms with van der Waals surface area (Å²) in [4.78, 5) is 0.384. The molecular weight excluding hydrogens is 383 g/mol. The first-order valence-electron chi connectivity index (χ1n) is 7.71. The molecular formula is C17H19Br2F. The highest BCUT2D eigenvalue weighted by molar-refractivity contribution is 9.10. The predicted octanol–water partition coefficient (Wildman–Crippen LogP) is 6.10. The normalized spacial score (nSPS) is 40.0. The number of alkyl halides is 1. The molecule has 0 N–H and O–H groups in total. The quantitative estimate of drug-likeness (QED) is 0.525. The first kappa shape index (κ1) is 13.8. The minimum Gasteiger partial charge on any atom is -0.206 e. The molecule has 0 heterocycles. The highest BCUT2D eigenvalue weighted by atomic mass is 79.9. The molecule has 0 nitrogen and oxygen atoms in total. The summed E-state index contributed by atoms with van der Waals surface area (Å²) in [6.45, 7) is 0. The van der Waals surface area contributed by atoms with Gasteiger partial charge in [0.25, 0.3) is 0 Å². The van der Waals surface area contributed by atoms with Crippen LogP contribution < -0.4 is 0 Å². The summed E-state index contributed by atoms with van der Waals surface area (Å²) < 4.78 is 14.0. The van der Waals surface area contributed by atoms with E-state index in [-0.39, 0.29) is 5.82 Å². The van der Waals surface area contributed by atoms with E-state index in [0.29, 0.717) is 9.30 Å². The number of halogens is 3. The molecule has 0 aliphatic heterocycles. The largest absolute Gasteiger partial charge is 0.206 e. The minimum atomic E-state index is -0.168. The van der Waals surface area contributed by atoms with Crippen molar-refractivity contribution in [3.8, 4) is 0 Å². The summed E-state index contributed by atoms with van der Waals surface area (Å²) in [5.74, 6) is 4.37. The number of benzene rings is 1. The van der Waals surface area contributed by atoms with Crippen LogP contribution >= 0.6 is 31.9 Å². The Kier molecular flexibility index (Phi) is 3.50. The van der Waals surface area contributed by atoms with E-state index in [2.05, 4.69) is 31.9 Å². The molecule has 1 unspecified atom stereocenters. The van der Waals surface area contributed by atoms with Gasteiger partial charge in [0.15, 0.2) is 0 Å². The second-order valence-electron chi connectivity index (χ2n) is 7.08. The van der Waals surface area contributed by atoms with Gasteiger partial charge in [-0.3, -0.25) is 0 Å². The monoisotopic (exact) mass is 400 g/mol. The van der Waals surface area contributed by atoms with E-state index in [4.69, 9.17) is 0 Å². The molecule has 0 spiro atoms. The molecule has 4 aliphatic rings. The summed E-state index contributed by atoms with van der Waals surface area (Å²) >= 11 is 7.27. The Labute approximate surface area is 136 Å². The first-order valence-corrected chi connectivity index (χ1v) is 9.41. The van der Waals surface area contributed by atoms with Crippen LogP contribution in [0.2, 0.25) is 0 Å². The van der Waals surface area contributed by atoms with Crippen molar-refractivity contribution >= 4 is 31.9 Å². The summed E-state index contributed by atoms with van der Waals surface area (Å²) in [5, 5.41) is 0. The van der Waals surface area contributed by atoms with Gasteiger partial charge in [-0.15, -0.1) is 0 Å². The highest BCUT2D eigenvalue weighted by Crippen LogP contribution is 2.60. The average Bonchev–Trinajstić information content (AvgIpc) is 2.40. The van der Waals surface area contributed by atoms with Crippen molar-refractivity contribution in [1.82, 2.24) is 0 Å². The zero-order chi connectivity index (χ0) is 13.9. The molecule has 4 bridgehead atoms. The van der Waals surface area contributed by atoms with Crippen molar-refractivity contribution < 1.29 is 4.39 Å². The molecule has 108 valence electrons. The predicted molar refractivity (Wildman–Crippen MR) is 86.3 cm³/mol. The highest BCUT2D eigenvalue weighted by Gasteiger charge is 2.50. The van der Waals surface area contributed by atoms with Crippen molar-refractivity contribution in [1.29, 1.82) is 0 Å². The lowest BCUT2D eigenvalue weighted by molar-refractivity contribution is -0.0364. The van der Waals surface area contributed by atoms with E-state index < -0.39 is 0 Å². The molecule has 1 atom stereocenters. The molecule has 0 saturated heterocycles.